The van der Waals surface area contributed by atoms with Crippen molar-refractivity contribution in [2.45, 2.75) is 19.9 Å². The van der Waals surface area contributed by atoms with Crippen molar-refractivity contribution in [1.29, 1.82) is 0 Å². The number of rotatable bonds is 6. The number of aromatic nitrogens is 1. The third-order valence-corrected chi connectivity index (χ3v) is 3.27. The molecule has 0 aliphatic heterocycles. The minimum Gasteiger partial charge on any atom is -0.383 e. The molecule has 1 heterocycles. The number of nitrogens with zero attached hydrogens (tertiary/aromatic N) is 1. The number of hydrogen-bond donors (Lipinski definition) is 2. The van der Waals surface area contributed by atoms with Crippen molar-refractivity contribution in [2.75, 3.05) is 25.6 Å². The maximum atomic E-state index is 11.9. The van der Waals surface area contributed by atoms with E-state index in [1.54, 1.807) is 7.11 Å². The molecule has 0 spiro atoms. The topological polar surface area (TPSA) is 63.2 Å². The zero-order valence-electron chi connectivity index (χ0n) is 12.6. The quantitative estimate of drug-likeness (QED) is 0.799. The first kappa shape index (κ1) is 15.3. The molecule has 0 radical (unpaired) electrons. The average molecular weight is 287 g/mol. The van der Waals surface area contributed by atoms with Crippen LogP contribution in [0.2, 0.25) is 0 Å². The average Bonchev–Trinajstić information content (AvgIpc) is 2.48. The molecular weight excluding hydrogens is 266 g/mol. The number of nitrogens with one attached hydrogen (secondary N) is 2. The second-order valence-corrected chi connectivity index (χ2v) is 5.00. The van der Waals surface area contributed by atoms with E-state index in [1.165, 1.54) is 0 Å². The fourth-order valence-electron chi connectivity index (χ4n) is 2.07. The molecule has 112 valence electrons. The van der Waals surface area contributed by atoms with Crippen LogP contribution in [0.15, 0.2) is 30.3 Å². The van der Waals surface area contributed by atoms with Gasteiger partial charge in [0.2, 0.25) is 5.91 Å². The number of methoxy groups -OCH3 is 1. The summed E-state index contributed by atoms with van der Waals surface area (Å²) < 4.78 is 4.91. The molecule has 1 amide bonds. The van der Waals surface area contributed by atoms with Crippen molar-refractivity contribution in [1.82, 2.24) is 10.3 Å². The molecule has 2 rings (SSSR count). The number of amides is 1. The first-order valence-corrected chi connectivity index (χ1v) is 7.01. The minimum absolute atomic E-state index is 0.0681. The van der Waals surface area contributed by atoms with Gasteiger partial charge in [0.15, 0.2) is 0 Å². The first-order valence-electron chi connectivity index (χ1n) is 7.01. The molecule has 2 aromatic rings. The summed E-state index contributed by atoms with van der Waals surface area (Å²) in [5.41, 5.74) is 1.93. The lowest BCUT2D eigenvalue weighted by molar-refractivity contribution is -0.121. The van der Waals surface area contributed by atoms with Crippen LogP contribution in [0.3, 0.4) is 0 Å². The van der Waals surface area contributed by atoms with Crippen LogP contribution in [0.5, 0.6) is 0 Å². The van der Waals surface area contributed by atoms with E-state index < -0.39 is 0 Å². The summed E-state index contributed by atoms with van der Waals surface area (Å²) in [5, 5.41) is 7.07. The zero-order chi connectivity index (χ0) is 15.2. The monoisotopic (exact) mass is 287 g/mol. The molecular formula is C16H21N3O2. The van der Waals surface area contributed by atoms with Crippen LogP contribution in [0.25, 0.3) is 10.9 Å². The van der Waals surface area contributed by atoms with Crippen LogP contribution in [0.1, 0.15) is 12.5 Å². The van der Waals surface area contributed by atoms with E-state index in [9.17, 15) is 4.79 Å². The molecule has 5 heteroatoms. The number of carbonyl (C=O) groups is 1. The molecule has 1 aromatic carbocycles. The Labute approximate surface area is 124 Å². The third kappa shape index (κ3) is 3.92. The molecule has 2 N–H and O–H groups in total. The van der Waals surface area contributed by atoms with E-state index in [4.69, 9.17) is 4.74 Å². The van der Waals surface area contributed by atoms with Crippen molar-refractivity contribution >= 4 is 22.6 Å². The summed E-state index contributed by atoms with van der Waals surface area (Å²) in [5.74, 6) is 0.671. The fourth-order valence-corrected chi connectivity index (χ4v) is 2.07. The summed E-state index contributed by atoms with van der Waals surface area (Å²) in [4.78, 5) is 16.5. The standard InChI is InChI=1S/C16H21N3O2/c1-11-10-13-6-4-5-7-14(13)19-15(11)18-12(2)16(20)17-8-9-21-3/h4-7,10,12H,8-9H2,1-3H3,(H,17,20)(H,18,19). The van der Waals surface area contributed by atoms with Gasteiger partial charge in [0.25, 0.3) is 0 Å². The SMILES string of the molecule is COCCNC(=O)C(C)Nc1nc2ccccc2cc1C. The van der Waals surface area contributed by atoms with Gasteiger partial charge in [-0.1, -0.05) is 18.2 Å². The number of ether oxygens (including phenoxy) is 1. The normalized spacial score (nSPS) is 12.1. The van der Waals surface area contributed by atoms with Crippen molar-refractivity contribution < 1.29 is 9.53 Å². The van der Waals surface area contributed by atoms with Gasteiger partial charge in [-0.05, 0) is 31.5 Å². The van der Waals surface area contributed by atoms with Crippen LogP contribution in [0, 0.1) is 6.92 Å². The lowest BCUT2D eigenvalue weighted by atomic mass is 10.1. The molecule has 0 fully saturated rings. The molecule has 0 saturated carbocycles. The van der Waals surface area contributed by atoms with Crippen LogP contribution >= 0.6 is 0 Å². The van der Waals surface area contributed by atoms with Gasteiger partial charge in [0, 0.05) is 19.0 Å². The van der Waals surface area contributed by atoms with Gasteiger partial charge < -0.3 is 15.4 Å². The summed E-state index contributed by atoms with van der Waals surface area (Å²) in [6, 6.07) is 9.65. The van der Waals surface area contributed by atoms with Gasteiger partial charge >= 0.3 is 0 Å². The zero-order valence-corrected chi connectivity index (χ0v) is 12.6. The Hall–Kier alpha value is -2.14. The fraction of sp³-hybridized carbons (Fsp3) is 0.375. The first-order chi connectivity index (χ1) is 10.1. The highest BCUT2D eigenvalue weighted by molar-refractivity contribution is 5.86. The largest absolute Gasteiger partial charge is 0.383 e. The summed E-state index contributed by atoms with van der Waals surface area (Å²) in [6.45, 7) is 4.81. The number of anilines is 1. The van der Waals surface area contributed by atoms with E-state index in [-0.39, 0.29) is 11.9 Å². The molecule has 0 saturated heterocycles. The predicted octanol–water partition coefficient (Wildman–Crippen LogP) is 2.11. The molecule has 1 unspecified atom stereocenters. The van der Waals surface area contributed by atoms with Crippen molar-refractivity contribution in [3.8, 4) is 0 Å². The highest BCUT2D eigenvalue weighted by Gasteiger charge is 2.14. The Morgan fingerprint density at radius 1 is 1.38 bits per heavy atom. The van der Waals surface area contributed by atoms with E-state index in [1.807, 2.05) is 38.1 Å². The number of benzene rings is 1. The van der Waals surface area contributed by atoms with Crippen molar-refractivity contribution in [3.05, 3.63) is 35.9 Å². The number of hydrogen-bond acceptors (Lipinski definition) is 4. The van der Waals surface area contributed by atoms with Crippen LogP contribution in [0.4, 0.5) is 5.82 Å². The van der Waals surface area contributed by atoms with E-state index in [0.29, 0.717) is 13.2 Å². The molecule has 1 aromatic heterocycles. The molecule has 0 aliphatic carbocycles. The van der Waals surface area contributed by atoms with Gasteiger partial charge in [-0.2, -0.15) is 0 Å². The second kappa shape index (κ2) is 7.04. The van der Waals surface area contributed by atoms with Gasteiger partial charge in [0.05, 0.1) is 12.1 Å². The summed E-state index contributed by atoms with van der Waals surface area (Å²) >= 11 is 0. The van der Waals surface area contributed by atoms with Gasteiger partial charge in [-0.15, -0.1) is 0 Å². The maximum Gasteiger partial charge on any atom is 0.242 e. The summed E-state index contributed by atoms with van der Waals surface area (Å²) in [6.07, 6.45) is 0. The van der Waals surface area contributed by atoms with Crippen LogP contribution in [-0.4, -0.2) is 37.2 Å². The number of fused-ring (bicyclic) bond motifs is 1. The van der Waals surface area contributed by atoms with Gasteiger partial charge in [0.1, 0.15) is 11.9 Å². The highest BCUT2D eigenvalue weighted by Crippen LogP contribution is 2.20. The third-order valence-electron chi connectivity index (χ3n) is 3.27. The van der Waals surface area contributed by atoms with E-state index in [0.717, 1.165) is 22.3 Å². The van der Waals surface area contributed by atoms with E-state index in [2.05, 4.69) is 21.7 Å². The maximum absolute atomic E-state index is 11.9. The molecule has 0 bridgehead atoms. The molecule has 5 nitrogen and oxygen atoms in total. The predicted molar refractivity (Wildman–Crippen MR) is 84.5 cm³/mol. The van der Waals surface area contributed by atoms with Crippen molar-refractivity contribution in [2.24, 2.45) is 0 Å². The Bertz CT molecular complexity index is 628. The summed E-state index contributed by atoms with van der Waals surface area (Å²) in [7, 11) is 1.61. The lowest BCUT2D eigenvalue weighted by Gasteiger charge is -2.16. The smallest absolute Gasteiger partial charge is 0.242 e. The van der Waals surface area contributed by atoms with Crippen LogP contribution < -0.4 is 10.6 Å². The Morgan fingerprint density at radius 2 is 2.14 bits per heavy atom. The number of aryl methyl sites for hydroxylation is 1. The Morgan fingerprint density at radius 3 is 2.90 bits per heavy atom. The molecule has 0 aliphatic rings. The Balaban J connectivity index is 2.08. The van der Waals surface area contributed by atoms with Gasteiger partial charge in [-0.3, -0.25) is 4.79 Å². The number of carbonyl (C=O) groups excluding carboxylic acids is 1. The molecule has 21 heavy (non-hydrogen) atoms. The van der Waals surface area contributed by atoms with Gasteiger partial charge in [-0.25, -0.2) is 4.98 Å². The minimum atomic E-state index is -0.353. The van der Waals surface area contributed by atoms with Crippen LogP contribution in [-0.2, 0) is 9.53 Å². The number of para-hydroxylation sites is 1. The van der Waals surface area contributed by atoms with Crippen molar-refractivity contribution in [3.63, 3.8) is 0 Å². The van der Waals surface area contributed by atoms with E-state index >= 15 is 0 Å². The number of pyridine rings is 1. The highest BCUT2D eigenvalue weighted by atomic mass is 16.5. The Kier molecular flexibility index (Phi) is 5.11. The molecule has 1 atom stereocenters. The lowest BCUT2D eigenvalue weighted by Crippen LogP contribution is -2.39. The second-order valence-electron chi connectivity index (χ2n) is 5.00.